The van der Waals surface area contributed by atoms with Crippen LogP contribution < -0.4 is 16.0 Å². The lowest BCUT2D eigenvalue weighted by atomic mass is 9.92. The SMILES string of the molecule is CC[C@H]1NC(=O)[C@@H]([C@@H]2OCN(C)C[C@H]2C)N(C)C(=O)[C@@H](C(C)C)N(C)C(=O)[C@@H](CC(C)C)N(C)C(=O)[C@@H](CC(C)C)N(C)C(=O)[C@H](C)CC(=O)[C@@H](C)NC(=O)[C@@H](CC(C)C)N(C)C(=O)[C@@H](C(C)C)NC(=O)[C@H](CC(C)C)N(C)C(=O)CN(C)C1=O. The molecule has 0 saturated carbocycles. The normalized spacial score (nSPS) is 29.2. The largest absolute Gasteiger partial charge is 0.360 e. The molecule has 23 nitrogen and oxygen atoms in total. The first-order valence-corrected chi connectivity index (χ1v) is 30.8. The summed E-state index contributed by atoms with van der Waals surface area (Å²) in [6, 6.07) is -10.3. The molecule has 2 aliphatic rings. The second-order valence-electron chi connectivity index (χ2n) is 26.9. The topological polar surface area (TPSA) is 259 Å². The first kappa shape index (κ1) is 75.4. The van der Waals surface area contributed by atoms with Gasteiger partial charge in [-0.15, -0.1) is 0 Å². The van der Waals surface area contributed by atoms with E-state index in [9.17, 15) is 38.4 Å². The number of carbonyl (C=O) groups is 11. The molecule has 0 aromatic rings. The zero-order chi connectivity index (χ0) is 65.6. The number of hydrogen-bond donors (Lipinski definition) is 3. The lowest BCUT2D eigenvalue weighted by Gasteiger charge is -2.44. The summed E-state index contributed by atoms with van der Waals surface area (Å²) >= 11 is 0. The first-order valence-electron chi connectivity index (χ1n) is 30.8. The number of hydrogen-bond acceptors (Lipinski definition) is 13. The van der Waals surface area contributed by atoms with Crippen molar-refractivity contribution in [1.82, 2.24) is 55.1 Å². The average molecular weight is 1200 g/mol. The number of carbonyl (C=O) groups excluding carboxylic acids is 11. The maximum Gasteiger partial charge on any atom is 0.246 e. The van der Waals surface area contributed by atoms with Crippen molar-refractivity contribution < 1.29 is 57.5 Å². The van der Waals surface area contributed by atoms with E-state index < -0.39 is 150 Å². The molecule has 2 aliphatic heterocycles. The third-order valence-corrected chi connectivity index (χ3v) is 16.7. The van der Waals surface area contributed by atoms with Gasteiger partial charge in [0.15, 0.2) is 5.78 Å². The fourth-order valence-electron chi connectivity index (χ4n) is 11.5. The summed E-state index contributed by atoms with van der Waals surface area (Å²) in [5.41, 5.74) is 0. The van der Waals surface area contributed by atoms with Crippen LogP contribution in [0.5, 0.6) is 0 Å². The third-order valence-electron chi connectivity index (χ3n) is 16.7. The maximum absolute atomic E-state index is 15.3. The van der Waals surface area contributed by atoms with Crippen molar-refractivity contribution in [3.8, 4) is 0 Å². The van der Waals surface area contributed by atoms with Crippen molar-refractivity contribution in [2.45, 2.75) is 210 Å². The van der Waals surface area contributed by atoms with Crippen LogP contribution in [0.2, 0.25) is 0 Å². The van der Waals surface area contributed by atoms with Crippen molar-refractivity contribution in [3.05, 3.63) is 0 Å². The van der Waals surface area contributed by atoms with Crippen LogP contribution in [0.15, 0.2) is 0 Å². The predicted octanol–water partition coefficient (Wildman–Crippen LogP) is 3.32. The van der Waals surface area contributed by atoms with E-state index in [4.69, 9.17) is 4.74 Å². The summed E-state index contributed by atoms with van der Waals surface area (Å²) in [7, 11) is 12.1. The molecule has 0 unspecified atom stereocenters. The molecular weight excluding hydrogens is 1090 g/mol. The Bertz CT molecular complexity index is 2330. The monoisotopic (exact) mass is 1200 g/mol. The summed E-state index contributed by atoms with van der Waals surface area (Å²) in [5.74, 6) is -9.20. The van der Waals surface area contributed by atoms with Gasteiger partial charge < -0.3 is 55.0 Å². The molecule has 0 aromatic carbocycles. The van der Waals surface area contributed by atoms with Gasteiger partial charge in [-0.3, -0.25) is 57.6 Å². The second kappa shape index (κ2) is 33.4. The molecule has 85 heavy (non-hydrogen) atoms. The van der Waals surface area contributed by atoms with E-state index in [1.807, 2.05) is 74.3 Å². The van der Waals surface area contributed by atoms with Crippen molar-refractivity contribution in [2.24, 2.45) is 47.3 Å². The van der Waals surface area contributed by atoms with E-state index in [-0.39, 0.29) is 74.8 Å². The molecule has 2 heterocycles. The van der Waals surface area contributed by atoms with Gasteiger partial charge in [0.2, 0.25) is 59.1 Å². The van der Waals surface area contributed by atoms with Crippen LogP contribution in [0.25, 0.3) is 0 Å². The van der Waals surface area contributed by atoms with Crippen LogP contribution in [-0.2, 0) is 57.5 Å². The minimum atomic E-state index is -1.32. The fraction of sp³-hybridized carbons (Fsp3) is 0.823. The van der Waals surface area contributed by atoms with E-state index in [0.29, 0.717) is 6.54 Å². The van der Waals surface area contributed by atoms with Gasteiger partial charge in [-0.05, 0) is 87.5 Å². The molecule has 10 amide bonds. The Morgan fingerprint density at radius 2 is 0.929 bits per heavy atom. The van der Waals surface area contributed by atoms with Gasteiger partial charge in [-0.25, -0.2) is 0 Å². The van der Waals surface area contributed by atoms with Crippen LogP contribution in [-0.4, -0.2) is 241 Å². The van der Waals surface area contributed by atoms with Crippen molar-refractivity contribution in [1.29, 1.82) is 0 Å². The van der Waals surface area contributed by atoms with Gasteiger partial charge in [-0.1, -0.05) is 104 Å². The highest BCUT2D eigenvalue weighted by Crippen LogP contribution is 2.27. The molecule has 0 bridgehead atoms. The Labute approximate surface area is 509 Å². The van der Waals surface area contributed by atoms with Gasteiger partial charge >= 0.3 is 0 Å². The summed E-state index contributed by atoms with van der Waals surface area (Å²) < 4.78 is 6.32. The molecule has 0 aliphatic carbocycles. The minimum absolute atomic E-state index is 0.0811. The fourth-order valence-corrected chi connectivity index (χ4v) is 11.5. The number of nitrogens with zero attached hydrogens (tertiary/aromatic N) is 8. The lowest BCUT2D eigenvalue weighted by molar-refractivity contribution is -0.164. The standard InChI is InChI=1S/C62H111N11O12/c1-25-43-58(80)67(18)32-49(75)68(19)44(26-34(2)3)55(77)65-50(38(10)11)61(83)69(20)45(27-35(4)5)54(76)63-42(16)48(74)30-40(14)57(79)70(21)46(28-36(6)7)59(81)71(22)47(29-37(8)9)60(82)72(23)51(39(12)13)62(84)73(24)52(56(78)64-43)53-41(15)31-66(17)33-85-53/h34-47,50-53H,25-33H2,1-24H3,(H,63,76)(H,64,78)(H,65,77)/t40-,41-,42-,43-,44+,45-,46-,47-,50-,51-,52-,53-/m1/s1. The number of ether oxygens (including phenoxy) is 1. The number of Topliss-reactive ketones (excluding diaryl/α,β-unsaturated/α-hetero) is 1. The van der Waals surface area contributed by atoms with Crippen LogP contribution >= 0.6 is 0 Å². The maximum atomic E-state index is 15.3. The van der Waals surface area contributed by atoms with Crippen molar-refractivity contribution in [2.75, 3.05) is 76.2 Å². The highest BCUT2D eigenvalue weighted by atomic mass is 16.5. The summed E-state index contributed by atoms with van der Waals surface area (Å²) in [6.45, 7) is 28.9. The number of likely N-dealkylation sites (N-methyl/N-ethyl adjacent to an activating group) is 7. The summed E-state index contributed by atoms with van der Waals surface area (Å²) in [5, 5.41) is 8.53. The predicted molar refractivity (Wildman–Crippen MR) is 327 cm³/mol. The second-order valence-corrected chi connectivity index (χ2v) is 26.9. The van der Waals surface area contributed by atoms with E-state index in [1.165, 1.54) is 85.7 Å². The Hall–Kier alpha value is -5.71. The third kappa shape index (κ3) is 20.4. The zero-order valence-electron chi connectivity index (χ0n) is 56.2. The first-order chi connectivity index (χ1) is 39.2. The summed E-state index contributed by atoms with van der Waals surface area (Å²) in [6.07, 6.45) is -0.344. The highest BCUT2D eigenvalue weighted by molar-refractivity contribution is 5.99. The van der Waals surface area contributed by atoms with Gasteiger partial charge in [0.25, 0.3) is 0 Å². The molecule has 0 aromatic heterocycles. The van der Waals surface area contributed by atoms with Gasteiger partial charge in [0.05, 0.1) is 25.4 Å². The molecule has 3 N–H and O–H groups in total. The van der Waals surface area contributed by atoms with Crippen LogP contribution in [0.4, 0.5) is 0 Å². The van der Waals surface area contributed by atoms with Crippen LogP contribution in [0.3, 0.4) is 0 Å². The van der Waals surface area contributed by atoms with E-state index in [1.54, 1.807) is 41.5 Å². The van der Waals surface area contributed by atoms with E-state index in [2.05, 4.69) is 16.0 Å². The molecular formula is C62H111N11O12. The molecule has 0 spiro atoms. The van der Waals surface area contributed by atoms with Gasteiger partial charge in [-0.2, -0.15) is 0 Å². The minimum Gasteiger partial charge on any atom is -0.360 e. The molecule has 12 atom stereocenters. The average Bonchev–Trinajstić information content (AvgIpc) is 2.66. The molecule has 2 saturated heterocycles. The lowest BCUT2D eigenvalue weighted by Crippen LogP contribution is -2.65. The van der Waals surface area contributed by atoms with E-state index >= 15 is 14.4 Å². The number of amides is 10. The molecule has 2 rings (SSSR count). The van der Waals surface area contributed by atoms with Crippen molar-refractivity contribution in [3.63, 3.8) is 0 Å². The Balaban J connectivity index is 2.95. The Morgan fingerprint density at radius 3 is 1.39 bits per heavy atom. The molecule has 23 heteroatoms. The quantitative estimate of drug-likeness (QED) is 0.254. The van der Waals surface area contributed by atoms with Crippen LogP contribution in [0.1, 0.15) is 149 Å². The van der Waals surface area contributed by atoms with E-state index in [0.717, 1.165) is 4.90 Å². The number of nitrogens with one attached hydrogen (secondary N) is 3. The Morgan fingerprint density at radius 1 is 0.482 bits per heavy atom. The van der Waals surface area contributed by atoms with Gasteiger partial charge in [0, 0.05) is 68.2 Å². The number of ketones is 1. The highest BCUT2D eigenvalue weighted by Gasteiger charge is 2.47. The number of rotatable bonds is 12. The molecule has 2 fully saturated rings. The molecule has 486 valence electrons. The zero-order valence-corrected chi connectivity index (χ0v) is 56.2. The van der Waals surface area contributed by atoms with Crippen molar-refractivity contribution >= 4 is 64.9 Å². The molecule has 0 radical (unpaired) electrons. The smallest absolute Gasteiger partial charge is 0.246 e. The van der Waals surface area contributed by atoms with Crippen LogP contribution in [0, 0.1) is 47.3 Å². The Kier molecular flexibility index (Phi) is 29.6. The summed E-state index contributed by atoms with van der Waals surface area (Å²) in [4.78, 5) is 172. The van der Waals surface area contributed by atoms with Gasteiger partial charge in [0.1, 0.15) is 48.3 Å².